The van der Waals surface area contributed by atoms with Gasteiger partial charge in [0.05, 0.1) is 4.47 Å². The number of ketones is 2. The van der Waals surface area contributed by atoms with Gasteiger partial charge in [-0.05, 0) is 83.3 Å². The second-order valence-electron chi connectivity index (χ2n) is 13.4. The molecule has 1 N–H and O–H groups in total. The standard InChI is InChI=1S/C34H37Br2ClN2O4/c1-7-39-24-13-33(3,4)15-26(40)30(24)29(31-25(39)14-34(5,6)16-27(31)41)21-10-19(35)11-22(36)32(21)43-17-28(42)38-20-9-8-18(2)23(37)12-20/h8-12,29H,7,13-17H2,1-6H3,(H,38,42). The fourth-order valence-corrected chi connectivity index (χ4v) is 8.25. The Kier molecular flexibility index (Phi) is 8.80. The van der Waals surface area contributed by atoms with Crippen molar-refractivity contribution in [1.29, 1.82) is 0 Å². The predicted octanol–water partition coefficient (Wildman–Crippen LogP) is 8.90. The van der Waals surface area contributed by atoms with E-state index in [2.05, 4.69) is 76.7 Å². The summed E-state index contributed by atoms with van der Waals surface area (Å²) in [7, 11) is 0. The summed E-state index contributed by atoms with van der Waals surface area (Å²) in [6, 6.07) is 9.09. The van der Waals surface area contributed by atoms with Crippen molar-refractivity contribution in [2.24, 2.45) is 10.8 Å². The first-order valence-electron chi connectivity index (χ1n) is 14.6. The van der Waals surface area contributed by atoms with E-state index in [-0.39, 0.29) is 34.9 Å². The van der Waals surface area contributed by atoms with Gasteiger partial charge in [0.25, 0.3) is 5.91 Å². The first-order valence-corrected chi connectivity index (χ1v) is 16.5. The number of halogens is 3. The number of carbonyl (C=O) groups excluding carboxylic acids is 3. The summed E-state index contributed by atoms with van der Waals surface area (Å²) < 4.78 is 7.63. The number of carbonyl (C=O) groups is 3. The van der Waals surface area contributed by atoms with E-state index in [0.29, 0.717) is 57.0 Å². The van der Waals surface area contributed by atoms with E-state index in [1.165, 1.54) is 0 Å². The summed E-state index contributed by atoms with van der Waals surface area (Å²) in [6.45, 7) is 12.9. The lowest BCUT2D eigenvalue weighted by molar-refractivity contribution is -0.120. The van der Waals surface area contributed by atoms with E-state index in [4.69, 9.17) is 16.3 Å². The van der Waals surface area contributed by atoms with Crippen LogP contribution in [0.3, 0.4) is 0 Å². The third-order valence-electron chi connectivity index (χ3n) is 8.49. The SMILES string of the molecule is CCN1C2=C(C(=O)CC(C)(C)C2)C(c2cc(Br)cc(Br)c2OCC(=O)Nc2ccc(C)c(Cl)c2)C2=C1CC(C)(C)CC2=O. The minimum absolute atomic E-state index is 0.0509. The van der Waals surface area contributed by atoms with Crippen molar-refractivity contribution < 1.29 is 19.1 Å². The monoisotopic (exact) mass is 730 g/mol. The van der Waals surface area contributed by atoms with Crippen LogP contribution in [-0.2, 0) is 14.4 Å². The third kappa shape index (κ3) is 6.38. The van der Waals surface area contributed by atoms with Gasteiger partial charge in [-0.25, -0.2) is 0 Å². The molecule has 0 saturated carbocycles. The molecule has 0 atom stereocenters. The number of hydrogen-bond donors (Lipinski definition) is 1. The third-order valence-corrected chi connectivity index (χ3v) is 9.94. The maximum Gasteiger partial charge on any atom is 0.262 e. The molecule has 2 aliphatic carbocycles. The van der Waals surface area contributed by atoms with E-state index in [1.54, 1.807) is 12.1 Å². The van der Waals surface area contributed by atoms with Crippen molar-refractivity contribution in [2.45, 2.75) is 73.1 Å². The van der Waals surface area contributed by atoms with Gasteiger partial charge in [-0.2, -0.15) is 0 Å². The zero-order valence-corrected chi connectivity index (χ0v) is 29.3. The molecule has 3 aliphatic rings. The normalized spacial score (nSPS) is 19.8. The van der Waals surface area contributed by atoms with E-state index in [0.717, 1.165) is 34.3 Å². The molecule has 1 amide bonds. The Bertz CT molecular complexity index is 1550. The Balaban J connectivity index is 1.61. The Morgan fingerprint density at radius 2 is 1.56 bits per heavy atom. The molecule has 9 heteroatoms. The molecule has 0 spiro atoms. The number of anilines is 1. The van der Waals surface area contributed by atoms with Gasteiger partial charge in [-0.3, -0.25) is 14.4 Å². The highest BCUT2D eigenvalue weighted by Crippen LogP contribution is 2.56. The maximum atomic E-state index is 14.0. The van der Waals surface area contributed by atoms with Gasteiger partial charge in [0, 0.05) is 68.6 Å². The number of nitrogens with one attached hydrogen (secondary N) is 1. The van der Waals surface area contributed by atoms with E-state index in [1.807, 2.05) is 25.1 Å². The molecule has 43 heavy (non-hydrogen) atoms. The minimum atomic E-state index is -0.595. The van der Waals surface area contributed by atoms with Crippen LogP contribution >= 0.6 is 43.5 Å². The van der Waals surface area contributed by atoms with Crippen LogP contribution in [0.5, 0.6) is 5.75 Å². The van der Waals surface area contributed by atoms with Crippen LogP contribution in [0.15, 0.2) is 61.8 Å². The van der Waals surface area contributed by atoms with Gasteiger partial charge in [-0.1, -0.05) is 61.3 Å². The topological polar surface area (TPSA) is 75.7 Å². The largest absolute Gasteiger partial charge is 0.482 e. The lowest BCUT2D eigenvalue weighted by atomic mass is 9.63. The quantitative estimate of drug-likeness (QED) is 0.321. The van der Waals surface area contributed by atoms with Gasteiger partial charge in [0.1, 0.15) is 5.75 Å². The molecule has 0 radical (unpaired) electrons. The number of ether oxygens (including phenoxy) is 1. The Hall–Kier alpha value is -2.42. The van der Waals surface area contributed by atoms with Gasteiger partial charge < -0.3 is 15.0 Å². The molecule has 2 aromatic carbocycles. The number of rotatable bonds is 6. The van der Waals surface area contributed by atoms with Crippen LogP contribution in [0, 0.1) is 17.8 Å². The lowest BCUT2D eigenvalue weighted by Crippen LogP contribution is -2.44. The number of allylic oxidation sites excluding steroid dienone is 4. The minimum Gasteiger partial charge on any atom is -0.482 e. The highest BCUT2D eigenvalue weighted by atomic mass is 79.9. The smallest absolute Gasteiger partial charge is 0.262 e. The van der Waals surface area contributed by atoms with Gasteiger partial charge in [0.15, 0.2) is 18.2 Å². The summed E-state index contributed by atoms with van der Waals surface area (Å²) in [5, 5.41) is 3.40. The number of Topliss-reactive ketones (excluding diaryl/α,β-unsaturated/α-hetero) is 2. The summed E-state index contributed by atoms with van der Waals surface area (Å²) >= 11 is 13.5. The molecular weight excluding hydrogens is 696 g/mol. The average Bonchev–Trinajstić information content (AvgIpc) is 2.87. The van der Waals surface area contributed by atoms with E-state index >= 15 is 0 Å². The second-order valence-corrected chi connectivity index (χ2v) is 15.6. The number of benzene rings is 2. The maximum absolute atomic E-state index is 14.0. The Morgan fingerprint density at radius 3 is 2.09 bits per heavy atom. The molecular formula is C34H37Br2ClN2O4. The fraction of sp³-hybridized carbons (Fsp3) is 0.441. The molecule has 5 rings (SSSR count). The van der Waals surface area contributed by atoms with Crippen molar-refractivity contribution in [3.05, 3.63) is 78.0 Å². The first kappa shape index (κ1) is 32.0. The van der Waals surface area contributed by atoms with Crippen molar-refractivity contribution in [3.8, 4) is 5.75 Å². The highest BCUT2D eigenvalue weighted by molar-refractivity contribution is 9.11. The number of nitrogens with zero attached hydrogens (tertiary/aromatic N) is 1. The zero-order valence-electron chi connectivity index (χ0n) is 25.4. The fourth-order valence-electron chi connectivity index (χ4n) is 6.69. The van der Waals surface area contributed by atoms with Crippen LogP contribution < -0.4 is 10.1 Å². The second kappa shape index (κ2) is 11.8. The molecule has 0 saturated heterocycles. The summed E-state index contributed by atoms with van der Waals surface area (Å²) in [6.07, 6.45) is 2.26. The van der Waals surface area contributed by atoms with E-state index < -0.39 is 5.92 Å². The molecule has 1 aliphatic heterocycles. The predicted molar refractivity (Wildman–Crippen MR) is 177 cm³/mol. The molecule has 0 bridgehead atoms. The number of aryl methyl sites for hydroxylation is 1. The molecule has 228 valence electrons. The van der Waals surface area contributed by atoms with Crippen molar-refractivity contribution in [3.63, 3.8) is 0 Å². The van der Waals surface area contributed by atoms with Crippen LogP contribution in [0.4, 0.5) is 5.69 Å². The summed E-state index contributed by atoms with van der Waals surface area (Å²) in [5.74, 6) is -0.413. The molecule has 0 fully saturated rings. The molecule has 0 aromatic heterocycles. The van der Waals surface area contributed by atoms with Crippen molar-refractivity contribution in [1.82, 2.24) is 4.90 Å². The summed E-state index contributed by atoms with van der Waals surface area (Å²) in [5.41, 5.74) is 5.09. The molecule has 1 heterocycles. The van der Waals surface area contributed by atoms with Gasteiger partial charge in [-0.15, -0.1) is 0 Å². The zero-order chi connectivity index (χ0) is 31.4. The van der Waals surface area contributed by atoms with Crippen molar-refractivity contribution in [2.75, 3.05) is 18.5 Å². The highest BCUT2D eigenvalue weighted by Gasteiger charge is 2.49. The molecule has 2 aromatic rings. The summed E-state index contributed by atoms with van der Waals surface area (Å²) in [4.78, 5) is 43.3. The van der Waals surface area contributed by atoms with E-state index in [9.17, 15) is 14.4 Å². The number of hydrogen-bond acceptors (Lipinski definition) is 5. The van der Waals surface area contributed by atoms with Crippen LogP contribution in [-0.4, -0.2) is 35.5 Å². The van der Waals surface area contributed by atoms with Crippen LogP contribution in [0.1, 0.15) is 77.3 Å². The lowest BCUT2D eigenvalue weighted by Gasteiger charge is -2.49. The Morgan fingerprint density at radius 1 is 0.977 bits per heavy atom. The Labute approximate surface area is 275 Å². The van der Waals surface area contributed by atoms with Crippen LogP contribution in [0.25, 0.3) is 0 Å². The van der Waals surface area contributed by atoms with Crippen LogP contribution in [0.2, 0.25) is 5.02 Å². The number of amides is 1. The van der Waals surface area contributed by atoms with Gasteiger partial charge >= 0.3 is 0 Å². The van der Waals surface area contributed by atoms with Crippen molar-refractivity contribution >= 4 is 66.6 Å². The molecule has 0 unspecified atom stereocenters. The molecule has 6 nitrogen and oxygen atoms in total. The average molecular weight is 733 g/mol. The van der Waals surface area contributed by atoms with Gasteiger partial charge in [0.2, 0.25) is 0 Å². The first-order chi connectivity index (χ1) is 20.1.